The van der Waals surface area contributed by atoms with E-state index in [9.17, 15) is 9.59 Å². The fourth-order valence-electron chi connectivity index (χ4n) is 2.21. The molecule has 2 aromatic rings. The minimum absolute atomic E-state index is 0.0189. The maximum atomic E-state index is 11.9. The number of rotatable bonds is 6. The van der Waals surface area contributed by atoms with Gasteiger partial charge in [0.15, 0.2) is 0 Å². The van der Waals surface area contributed by atoms with Gasteiger partial charge in [-0.25, -0.2) is 4.79 Å². The zero-order valence-corrected chi connectivity index (χ0v) is 12.4. The Morgan fingerprint density at radius 3 is 2.71 bits per heavy atom. The quantitative estimate of drug-likeness (QED) is 0.646. The Kier molecular flexibility index (Phi) is 4.80. The van der Waals surface area contributed by atoms with E-state index in [1.807, 2.05) is 32.0 Å². The molecule has 0 bridgehead atoms. The Bertz CT molecular complexity index is 674. The highest BCUT2D eigenvalue weighted by atomic mass is 16.1. The van der Waals surface area contributed by atoms with Gasteiger partial charge in [-0.3, -0.25) is 4.79 Å². The summed E-state index contributed by atoms with van der Waals surface area (Å²) in [4.78, 5) is 28.5. The molecule has 0 aliphatic rings. The predicted molar refractivity (Wildman–Crippen MR) is 82.9 cm³/mol. The number of H-pyrrole nitrogens is 2. The molecule has 2 rings (SSSR count). The standard InChI is InChI=1S/C15H22N4O2/c1-9(8-16)3-6-14(20)17-10(2)11-4-5-12-13(7-11)19-15(21)18-12/h4-5,7,9-10H,3,6,8,16H2,1-2H3,(H,17,20)(H2,18,19,21). The molecule has 21 heavy (non-hydrogen) atoms. The van der Waals surface area contributed by atoms with Crippen LogP contribution in [-0.2, 0) is 4.79 Å². The van der Waals surface area contributed by atoms with Gasteiger partial charge in [0.1, 0.15) is 0 Å². The van der Waals surface area contributed by atoms with Gasteiger partial charge in [0.2, 0.25) is 5.91 Å². The number of amides is 1. The van der Waals surface area contributed by atoms with Gasteiger partial charge in [-0.05, 0) is 43.5 Å². The molecule has 6 heteroatoms. The molecule has 114 valence electrons. The summed E-state index contributed by atoms with van der Waals surface area (Å²) in [5.41, 5.74) is 7.78. The van der Waals surface area contributed by atoms with Crippen molar-refractivity contribution in [1.29, 1.82) is 0 Å². The molecule has 2 atom stereocenters. The minimum atomic E-state index is -0.227. The average molecular weight is 290 g/mol. The highest BCUT2D eigenvalue weighted by molar-refractivity contribution is 5.77. The van der Waals surface area contributed by atoms with Crippen molar-refractivity contribution in [2.75, 3.05) is 6.54 Å². The highest BCUT2D eigenvalue weighted by Crippen LogP contribution is 2.17. The zero-order chi connectivity index (χ0) is 15.4. The molecule has 1 amide bonds. The SMILES string of the molecule is CC(CN)CCC(=O)NC(C)c1ccc2[nH]c(=O)[nH]c2c1. The first-order chi connectivity index (χ1) is 9.99. The molecule has 1 aromatic carbocycles. The number of aromatic nitrogens is 2. The first-order valence-corrected chi connectivity index (χ1v) is 7.21. The summed E-state index contributed by atoms with van der Waals surface area (Å²) >= 11 is 0. The summed E-state index contributed by atoms with van der Waals surface area (Å²) in [5, 5.41) is 2.97. The second-order valence-corrected chi connectivity index (χ2v) is 5.55. The monoisotopic (exact) mass is 290 g/mol. The van der Waals surface area contributed by atoms with Crippen LogP contribution in [0.15, 0.2) is 23.0 Å². The smallest absolute Gasteiger partial charge is 0.323 e. The molecule has 1 heterocycles. The maximum absolute atomic E-state index is 11.9. The van der Waals surface area contributed by atoms with Gasteiger partial charge >= 0.3 is 5.69 Å². The van der Waals surface area contributed by atoms with Crippen molar-refractivity contribution in [3.05, 3.63) is 34.2 Å². The third kappa shape index (κ3) is 3.95. The molecule has 0 fully saturated rings. The fraction of sp³-hybridized carbons (Fsp3) is 0.467. The fourth-order valence-corrected chi connectivity index (χ4v) is 2.21. The molecule has 6 nitrogen and oxygen atoms in total. The molecule has 0 spiro atoms. The van der Waals surface area contributed by atoms with E-state index in [0.29, 0.717) is 18.9 Å². The number of nitrogens with two attached hydrogens (primary N) is 1. The van der Waals surface area contributed by atoms with Crippen molar-refractivity contribution in [2.45, 2.75) is 32.7 Å². The topological polar surface area (TPSA) is 104 Å². The number of hydrogen-bond acceptors (Lipinski definition) is 3. The number of fused-ring (bicyclic) bond motifs is 1. The van der Waals surface area contributed by atoms with Gasteiger partial charge in [0.25, 0.3) is 0 Å². The van der Waals surface area contributed by atoms with Crippen molar-refractivity contribution in [3.8, 4) is 0 Å². The van der Waals surface area contributed by atoms with Crippen LogP contribution in [0.1, 0.15) is 38.3 Å². The lowest BCUT2D eigenvalue weighted by Crippen LogP contribution is -2.27. The molecule has 5 N–H and O–H groups in total. The van der Waals surface area contributed by atoms with Crippen LogP contribution < -0.4 is 16.7 Å². The molecule has 0 radical (unpaired) electrons. The van der Waals surface area contributed by atoms with Crippen molar-refractivity contribution in [1.82, 2.24) is 15.3 Å². The molecule has 0 saturated carbocycles. The van der Waals surface area contributed by atoms with Gasteiger partial charge in [0.05, 0.1) is 17.1 Å². The Balaban J connectivity index is 1.99. The lowest BCUT2D eigenvalue weighted by molar-refractivity contribution is -0.122. The minimum Gasteiger partial charge on any atom is -0.350 e. The van der Waals surface area contributed by atoms with Crippen molar-refractivity contribution in [3.63, 3.8) is 0 Å². The van der Waals surface area contributed by atoms with Gasteiger partial charge in [-0.1, -0.05) is 13.0 Å². The molecule has 1 aromatic heterocycles. The largest absolute Gasteiger partial charge is 0.350 e. The van der Waals surface area contributed by atoms with E-state index in [1.165, 1.54) is 0 Å². The number of imidazole rings is 1. The molecule has 0 aliphatic carbocycles. The Morgan fingerprint density at radius 2 is 2.00 bits per heavy atom. The number of aromatic amines is 2. The zero-order valence-electron chi connectivity index (χ0n) is 12.4. The number of carbonyl (C=O) groups excluding carboxylic acids is 1. The van der Waals surface area contributed by atoms with E-state index in [-0.39, 0.29) is 17.6 Å². The van der Waals surface area contributed by atoms with Crippen LogP contribution in [0.5, 0.6) is 0 Å². The Hall–Kier alpha value is -2.08. The summed E-state index contributed by atoms with van der Waals surface area (Å²) in [7, 11) is 0. The highest BCUT2D eigenvalue weighted by Gasteiger charge is 2.11. The third-order valence-electron chi connectivity index (χ3n) is 3.68. The van der Waals surface area contributed by atoms with Gasteiger partial charge in [-0.15, -0.1) is 0 Å². The summed E-state index contributed by atoms with van der Waals surface area (Å²) in [6.45, 7) is 4.56. The van der Waals surface area contributed by atoms with E-state index < -0.39 is 0 Å². The van der Waals surface area contributed by atoms with Crippen LogP contribution in [0.25, 0.3) is 11.0 Å². The predicted octanol–water partition coefficient (Wildman–Crippen LogP) is 1.41. The van der Waals surface area contributed by atoms with E-state index in [4.69, 9.17) is 5.73 Å². The van der Waals surface area contributed by atoms with Crippen molar-refractivity contribution >= 4 is 16.9 Å². The van der Waals surface area contributed by atoms with Gasteiger partial charge < -0.3 is 21.0 Å². The van der Waals surface area contributed by atoms with E-state index in [2.05, 4.69) is 15.3 Å². The summed E-state index contributed by atoms with van der Waals surface area (Å²) in [6, 6.07) is 5.51. The van der Waals surface area contributed by atoms with Crippen LogP contribution in [-0.4, -0.2) is 22.4 Å². The van der Waals surface area contributed by atoms with E-state index >= 15 is 0 Å². The van der Waals surface area contributed by atoms with Gasteiger partial charge in [-0.2, -0.15) is 0 Å². The number of nitrogens with one attached hydrogen (secondary N) is 3. The van der Waals surface area contributed by atoms with E-state index in [1.54, 1.807) is 0 Å². The van der Waals surface area contributed by atoms with Crippen molar-refractivity contribution < 1.29 is 4.79 Å². The van der Waals surface area contributed by atoms with Crippen LogP contribution >= 0.6 is 0 Å². The second kappa shape index (κ2) is 6.58. The third-order valence-corrected chi connectivity index (χ3v) is 3.68. The first-order valence-electron chi connectivity index (χ1n) is 7.21. The Labute approximate surface area is 123 Å². The molecular weight excluding hydrogens is 268 g/mol. The molecule has 2 unspecified atom stereocenters. The summed E-state index contributed by atoms with van der Waals surface area (Å²) in [5.74, 6) is 0.373. The molecule has 0 saturated heterocycles. The van der Waals surface area contributed by atoms with Crippen LogP contribution in [0.3, 0.4) is 0 Å². The average Bonchev–Trinajstić information content (AvgIpc) is 2.83. The summed E-state index contributed by atoms with van der Waals surface area (Å²) in [6.07, 6.45) is 1.27. The first kappa shape index (κ1) is 15.3. The van der Waals surface area contributed by atoms with E-state index in [0.717, 1.165) is 23.0 Å². The van der Waals surface area contributed by atoms with Crippen molar-refractivity contribution in [2.24, 2.45) is 11.7 Å². The van der Waals surface area contributed by atoms with Crippen LogP contribution in [0, 0.1) is 5.92 Å². The number of benzene rings is 1. The molecule has 0 aliphatic heterocycles. The van der Waals surface area contributed by atoms with Gasteiger partial charge in [0, 0.05) is 6.42 Å². The summed E-state index contributed by atoms with van der Waals surface area (Å²) < 4.78 is 0. The lowest BCUT2D eigenvalue weighted by atomic mass is 10.0. The lowest BCUT2D eigenvalue weighted by Gasteiger charge is -2.15. The number of carbonyl (C=O) groups is 1. The van der Waals surface area contributed by atoms with Crippen LogP contribution in [0.4, 0.5) is 0 Å². The second-order valence-electron chi connectivity index (χ2n) is 5.55. The Morgan fingerprint density at radius 1 is 1.29 bits per heavy atom. The molecular formula is C15H22N4O2. The normalized spacial score (nSPS) is 14.0. The number of hydrogen-bond donors (Lipinski definition) is 4. The van der Waals surface area contributed by atoms with Crippen LogP contribution in [0.2, 0.25) is 0 Å². The maximum Gasteiger partial charge on any atom is 0.323 e.